The Bertz CT molecular complexity index is 1510. The van der Waals surface area contributed by atoms with Crippen LogP contribution in [0.4, 0.5) is 5.82 Å². The number of benzene rings is 2. The van der Waals surface area contributed by atoms with E-state index >= 15 is 0 Å². The Morgan fingerprint density at radius 1 is 1.05 bits per heavy atom. The molecular formula is C29H38N5O5P. The summed E-state index contributed by atoms with van der Waals surface area (Å²) in [6.07, 6.45) is 1.74. The van der Waals surface area contributed by atoms with Gasteiger partial charge in [0, 0.05) is 11.8 Å². The number of rotatable bonds is 13. The molecule has 0 aliphatic heterocycles. The van der Waals surface area contributed by atoms with Gasteiger partial charge in [-0.1, -0.05) is 49.7 Å². The highest BCUT2D eigenvalue weighted by molar-refractivity contribution is 7.52. The average Bonchev–Trinajstić information content (AvgIpc) is 3.26. The van der Waals surface area contributed by atoms with Gasteiger partial charge < -0.3 is 19.6 Å². The fourth-order valence-electron chi connectivity index (χ4n) is 4.48. The number of aromatic nitrogens is 3. The number of anilines is 1. The van der Waals surface area contributed by atoms with Gasteiger partial charge in [-0.2, -0.15) is 5.09 Å². The number of aryl methyl sites for hydroxylation is 1. The number of nitrogen functional groups attached to an aromatic ring is 1. The van der Waals surface area contributed by atoms with E-state index in [1.807, 2.05) is 37.3 Å². The normalized spacial score (nSPS) is 14.8. The largest absolute Gasteiger partial charge is 0.462 e. The van der Waals surface area contributed by atoms with Gasteiger partial charge in [0.05, 0.1) is 29.8 Å². The first-order chi connectivity index (χ1) is 19.1. The molecule has 2 aromatic heterocycles. The Balaban J connectivity index is 1.68. The Labute approximate surface area is 234 Å². The number of ether oxygens (including phenoxy) is 1. The van der Waals surface area contributed by atoms with E-state index in [2.05, 4.69) is 21.6 Å². The van der Waals surface area contributed by atoms with Crippen molar-refractivity contribution in [2.24, 2.45) is 0 Å². The minimum atomic E-state index is -4.05. The highest BCUT2D eigenvalue weighted by Gasteiger charge is 2.35. The van der Waals surface area contributed by atoms with E-state index in [0.717, 1.165) is 41.5 Å². The molecule has 0 aliphatic rings. The number of carbonyl (C=O) groups excluding carboxylic acids is 1. The predicted octanol–water partition coefficient (Wildman–Crippen LogP) is 6.03. The third kappa shape index (κ3) is 6.99. The number of para-hydroxylation sites is 2. The molecule has 0 saturated heterocycles. The van der Waals surface area contributed by atoms with Crippen molar-refractivity contribution in [1.82, 2.24) is 19.6 Å². The minimum absolute atomic E-state index is 0.317. The number of imidazole rings is 1. The summed E-state index contributed by atoms with van der Waals surface area (Å²) in [4.78, 5) is 21.9. The second-order valence-electron chi connectivity index (χ2n) is 10.1. The van der Waals surface area contributed by atoms with E-state index in [4.69, 9.17) is 24.5 Å². The van der Waals surface area contributed by atoms with Crippen LogP contribution in [0.25, 0.3) is 21.9 Å². The number of nitrogens with zero attached hydrogens (tertiary/aromatic N) is 3. The molecule has 0 aliphatic carbocycles. The smallest absolute Gasteiger partial charge is 0.459 e. The summed E-state index contributed by atoms with van der Waals surface area (Å²) in [6.45, 7) is 9.31. The van der Waals surface area contributed by atoms with Gasteiger partial charge in [-0.25, -0.2) is 14.5 Å². The molecular weight excluding hydrogens is 529 g/mol. The Morgan fingerprint density at radius 2 is 1.75 bits per heavy atom. The molecule has 4 aromatic rings. The summed E-state index contributed by atoms with van der Waals surface area (Å²) in [7, 11) is -4.05. The highest BCUT2D eigenvalue weighted by Crippen LogP contribution is 2.46. The topological polar surface area (TPSA) is 131 Å². The van der Waals surface area contributed by atoms with Gasteiger partial charge in [-0.3, -0.25) is 9.32 Å². The minimum Gasteiger partial charge on any atom is -0.462 e. The SMILES string of the molecule is CCCCc1nc2c(N)nc3ccccc3c2n1C[C@@H](C)O[P@](=O)(N[C@H](C)C(=O)OC(C)C)Oc1ccccc1. The number of carbonyl (C=O) groups is 1. The van der Waals surface area contributed by atoms with Crippen LogP contribution in [0, 0.1) is 0 Å². The zero-order valence-corrected chi connectivity index (χ0v) is 24.6. The van der Waals surface area contributed by atoms with E-state index in [1.54, 1.807) is 45.0 Å². The lowest BCUT2D eigenvalue weighted by atomic mass is 10.2. The zero-order chi connectivity index (χ0) is 28.9. The van der Waals surface area contributed by atoms with Crippen molar-refractivity contribution >= 4 is 41.5 Å². The van der Waals surface area contributed by atoms with Crippen LogP contribution < -0.4 is 15.3 Å². The molecule has 0 saturated carbocycles. The lowest BCUT2D eigenvalue weighted by molar-refractivity contribution is -0.149. The van der Waals surface area contributed by atoms with Gasteiger partial charge in [-0.15, -0.1) is 0 Å². The van der Waals surface area contributed by atoms with Gasteiger partial charge in [0.25, 0.3) is 0 Å². The van der Waals surface area contributed by atoms with Crippen LogP contribution in [-0.4, -0.2) is 38.8 Å². The maximum absolute atomic E-state index is 14.1. The van der Waals surface area contributed by atoms with E-state index in [9.17, 15) is 9.36 Å². The summed E-state index contributed by atoms with van der Waals surface area (Å²) in [5.74, 6) is 0.991. The summed E-state index contributed by atoms with van der Waals surface area (Å²) in [6, 6.07) is 15.5. The molecule has 11 heteroatoms. The maximum Gasteiger partial charge on any atom is 0.459 e. The number of esters is 1. The van der Waals surface area contributed by atoms with Crippen LogP contribution in [0.15, 0.2) is 54.6 Å². The van der Waals surface area contributed by atoms with Gasteiger partial charge in [-0.05, 0) is 52.3 Å². The van der Waals surface area contributed by atoms with Crippen molar-refractivity contribution in [2.45, 2.75) is 78.7 Å². The van der Waals surface area contributed by atoms with Gasteiger partial charge >= 0.3 is 13.7 Å². The molecule has 0 amide bonds. The van der Waals surface area contributed by atoms with Gasteiger partial charge in [0.15, 0.2) is 5.82 Å². The molecule has 4 rings (SSSR count). The molecule has 40 heavy (non-hydrogen) atoms. The maximum atomic E-state index is 14.1. The van der Waals surface area contributed by atoms with Crippen LogP contribution in [0.1, 0.15) is 53.3 Å². The Hall–Kier alpha value is -3.46. The number of pyridine rings is 1. The number of fused-ring (bicyclic) bond motifs is 3. The number of nitrogens with two attached hydrogens (primary N) is 1. The molecule has 3 N–H and O–H groups in total. The van der Waals surface area contributed by atoms with Crippen molar-refractivity contribution < 1.29 is 23.1 Å². The summed E-state index contributed by atoms with van der Waals surface area (Å²) < 4.78 is 33.4. The molecule has 214 valence electrons. The third-order valence-corrected chi connectivity index (χ3v) is 8.02. The Kier molecular flexibility index (Phi) is 9.45. The first-order valence-corrected chi connectivity index (χ1v) is 15.2. The number of hydrogen-bond acceptors (Lipinski definition) is 8. The monoisotopic (exact) mass is 567 g/mol. The van der Waals surface area contributed by atoms with Crippen LogP contribution in [0.2, 0.25) is 0 Å². The molecule has 0 unspecified atom stereocenters. The predicted molar refractivity (Wildman–Crippen MR) is 157 cm³/mol. The van der Waals surface area contributed by atoms with E-state index in [0.29, 0.717) is 23.6 Å². The quantitative estimate of drug-likeness (QED) is 0.147. The standard InChI is InChI=1S/C29H38N5O5P/c1-6-7-17-25-32-26-27(23-15-11-12-16-24(23)31-28(26)30)34(25)18-20(4)38-40(36,39-22-13-9-8-10-14-22)33-21(5)29(35)37-19(2)3/h8-16,19-21H,6-7,17-18H2,1-5H3,(H2,30,31)(H,33,36)/t20-,21-,40-/m1/s1. The van der Waals surface area contributed by atoms with Crippen molar-refractivity contribution in [3.05, 3.63) is 60.4 Å². The fourth-order valence-corrected chi connectivity index (χ4v) is 6.15. The molecule has 0 bridgehead atoms. The first-order valence-electron chi connectivity index (χ1n) is 13.6. The molecule has 10 nitrogen and oxygen atoms in total. The number of nitrogens with one attached hydrogen (secondary N) is 1. The lowest BCUT2D eigenvalue weighted by Crippen LogP contribution is -2.37. The zero-order valence-electron chi connectivity index (χ0n) is 23.7. The molecule has 0 radical (unpaired) electrons. The summed E-state index contributed by atoms with van der Waals surface area (Å²) >= 11 is 0. The van der Waals surface area contributed by atoms with E-state index < -0.39 is 25.9 Å². The highest BCUT2D eigenvalue weighted by atomic mass is 31.2. The molecule has 0 fully saturated rings. The van der Waals surface area contributed by atoms with Crippen molar-refractivity contribution in [3.8, 4) is 5.75 Å². The summed E-state index contributed by atoms with van der Waals surface area (Å²) in [5, 5.41) is 3.68. The van der Waals surface area contributed by atoms with Gasteiger partial charge in [0.1, 0.15) is 23.1 Å². The Morgan fingerprint density at radius 3 is 2.45 bits per heavy atom. The van der Waals surface area contributed by atoms with Crippen LogP contribution >= 0.6 is 7.75 Å². The van der Waals surface area contributed by atoms with Crippen molar-refractivity contribution in [2.75, 3.05) is 5.73 Å². The van der Waals surface area contributed by atoms with Gasteiger partial charge in [0.2, 0.25) is 0 Å². The molecule has 2 heterocycles. The van der Waals surface area contributed by atoms with Crippen molar-refractivity contribution in [1.29, 1.82) is 0 Å². The molecule has 2 aromatic carbocycles. The average molecular weight is 568 g/mol. The molecule has 3 atom stereocenters. The van der Waals surface area contributed by atoms with E-state index in [1.165, 1.54) is 0 Å². The third-order valence-electron chi connectivity index (χ3n) is 6.23. The van der Waals surface area contributed by atoms with E-state index in [-0.39, 0.29) is 6.10 Å². The number of hydrogen-bond donors (Lipinski definition) is 2. The van der Waals surface area contributed by atoms with Crippen LogP contribution in [0.3, 0.4) is 0 Å². The van der Waals surface area contributed by atoms with Crippen LogP contribution in [0.5, 0.6) is 5.75 Å². The van der Waals surface area contributed by atoms with Crippen molar-refractivity contribution in [3.63, 3.8) is 0 Å². The lowest BCUT2D eigenvalue weighted by Gasteiger charge is -2.26. The number of unbranched alkanes of at least 4 members (excludes halogenated alkanes) is 1. The molecule has 0 spiro atoms. The summed E-state index contributed by atoms with van der Waals surface area (Å²) in [5.41, 5.74) is 8.58. The second-order valence-corrected chi connectivity index (χ2v) is 11.8. The first kappa shape index (κ1) is 29.5. The second kappa shape index (κ2) is 12.8. The van der Waals surface area contributed by atoms with Crippen LogP contribution in [-0.2, 0) is 31.6 Å². The fraction of sp³-hybridized carbons (Fsp3) is 0.414.